The molecule has 0 aromatic heterocycles. The molecule has 66 valence electrons. The van der Waals surface area contributed by atoms with Crippen molar-refractivity contribution in [1.82, 2.24) is 0 Å². The van der Waals surface area contributed by atoms with Crippen molar-refractivity contribution in [2.45, 2.75) is 19.6 Å². The van der Waals surface area contributed by atoms with Gasteiger partial charge in [0.05, 0.1) is 8.07 Å². The van der Waals surface area contributed by atoms with E-state index in [4.69, 9.17) is 0 Å². The van der Waals surface area contributed by atoms with Gasteiger partial charge in [0.1, 0.15) is 5.82 Å². The fourth-order valence-electron chi connectivity index (χ4n) is 0.963. The molecule has 0 atom stereocenters. The molecule has 1 aromatic carbocycles. The van der Waals surface area contributed by atoms with E-state index in [9.17, 15) is 4.39 Å². The van der Waals surface area contributed by atoms with Crippen molar-refractivity contribution < 1.29 is 4.39 Å². The molecule has 0 aliphatic carbocycles. The maximum atomic E-state index is 12.9. The minimum Gasteiger partial charge on any atom is -0.206 e. The molecule has 0 spiro atoms. The van der Waals surface area contributed by atoms with Gasteiger partial charge in [-0.2, -0.15) is 0 Å². The van der Waals surface area contributed by atoms with Gasteiger partial charge in [-0.1, -0.05) is 30.9 Å². The molecule has 0 unspecified atom stereocenters. The van der Waals surface area contributed by atoms with E-state index >= 15 is 0 Å². The number of benzene rings is 1. The van der Waals surface area contributed by atoms with Crippen molar-refractivity contribution in [2.24, 2.45) is 0 Å². The lowest BCUT2D eigenvalue weighted by Crippen LogP contribution is -2.37. The van der Waals surface area contributed by atoms with Gasteiger partial charge in [0.25, 0.3) is 0 Å². The van der Waals surface area contributed by atoms with Gasteiger partial charge in [-0.3, -0.25) is 0 Å². The minimum atomic E-state index is -1.26. The van der Waals surface area contributed by atoms with Crippen molar-refractivity contribution in [3.8, 4) is 0 Å². The summed E-state index contributed by atoms with van der Waals surface area (Å²) in [5.74, 6) is -0.113. The molecule has 0 fully saturated rings. The first-order valence-corrected chi connectivity index (χ1v) is 8.44. The Bertz CT molecular complexity index is 291. The topological polar surface area (TPSA) is 0 Å². The Labute approximate surface area is 87.3 Å². The molecule has 0 saturated heterocycles. The molecule has 0 heterocycles. The van der Waals surface area contributed by atoms with Crippen molar-refractivity contribution in [3.05, 3.63) is 27.6 Å². The smallest absolute Gasteiger partial charge is 0.136 e. The molecule has 0 N–H and O–H groups in total. The van der Waals surface area contributed by atoms with Gasteiger partial charge >= 0.3 is 0 Å². The zero-order chi connectivity index (χ0) is 9.35. The molecular weight excluding hydrogens is 282 g/mol. The SMILES string of the molecule is C[Si](C)(C)c1ccc(F)c(I)c1. The van der Waals surface area contributed by atoms with E-state index in [1.807, 2.05) is 34.7 Å². The first-order chi connectivity index (χ1) is 5.41. The maximum Gasteiger partial charge on any atom is 0.136 e. The summed E-state index contributed by atoms with van der Waals surface area (Å²) < 4.78 is 13.6. The third-order valence-electron chi connectivity index (χ3n) is 1.79. The number of hydrogen-bond acceptors (Lipinski definition) is 0. The molecular formula is C9H12FISi. The highest BCUT2D eigenvalue weighted by Gasteiger charge is 2.16. The van der Waals surface area contributed by atoms with Crippen molar-refractivity contribution in [3.63, 3.8) is 0 Å². The Balaban J connectivity index is 3.14. The second-order valence-electron chi connectivity index (χ2n) is 3.88. The Morgan fingerprint density at radius 2 is 1.83 bits per heavy atom. The predicted molar refractivity (Wildman–Crippen MR) is 62.1 cm³/mol. The molecule has 12 heavy (non-hydrogen) atoms. The summed E-state index contributed by atoms with van der Waals surface area (Å²) in [5, 5.41) is 1.31. The van der Waals surface area contributed by atoms with Gasteiger partial charge in [-0.25, -0.2) is 4.39 Å². The fourth-order valence-corrected chi connectivity index (χ4v) is 2.93. The van der Waals surface area contributed by atoms with E-state index in [-0.39, 0.29) is 5.82 Å². The molecule has 0 radical (unpaired) electrons. The van der Waals surface area contributed by atoms with Crippen LogP contribution in [0, 0.1) is 9.39 Å². The molecule has 0 saturated carbocycles. The second kappa shape index (κ2) is 3.45. The summed E-state index contributed by atoms with van der Waals surface area (Å²) in [6.45, 7) is 6.78. The van der Waals surface area contributed by atoms with E-state index in [0.29, 0.717) is 0 Å². The Hall–Kier alpha value is 0.0969. The normalized spacial score (nSPS) is 11.8. The van der Waals surface area contributed by atoms with Crippen LogP contribution < -0.4 is 5.19 Å². The fraction of sp³-hybridized carbons (Fsp3) is 0.333. The molecule has 0 bridgehead atoms. The molecule has 0 aliphatic heterocycles. The third-order valence-corrected chi connectivity index (χ3v) is 4.66. The zero-order valence-electron chi connectivity index (χ0n) is 7.49. The summed E-state index contributed by atoms with van der Waals surface area (Å²) in [6.07, 6.45) is 0. The van der Waals surface area contributed by atoms with Crippen LogP contribution in [0.4, 0.5) is 4.39 Å². The summed E-state index contributed by atoms with van der Waals surface area (Å²) in [6, 6.07) is 5.43. The van der Waals surface area contributed by atoms with E-state index < -0.39 is 8.07 Å². The van der Waals surface area contributed by atoms with Crippen molar-refractivity contribution >= 4 is 35.9 Å². The molecule has 0 nitrogen and oxygen atoms in total. The Morgan fingerprint density at radius 1 is 1.25 bits per heavy atom. The van der Waals surface area contributed by atoms with Gasteiger partial charge < -0.3 is 0 Å². The van der Waals surface area contributed by atoms with Crippen LogP contribution in [0.3, 0.4) is 0 Å². The number of hydrogen-bond donors (Lipinski definition) is 0. The molecule has 0 aliphatic rings. The number of halogens is 2. The first kappa shape index (κ1) is 10.2. The highest BCUT2D eigenvalue weighted by molar-refractivity contribution is 14.1. The molecule has 1 rings (SSSR count). The highest BCUT2D eigenvalue weighted by Crippen LogP contribution is 2.11. The van der Waals surface area contributed by atoms with Crippen LogP contribution in [-0.4, -0.2) is 8.07 Å². The zero-order valence-corrected chi connectivity index (χ0v) is 10.6. The number of rotatable bonds is 1. The largest absolute Gasteiger partial charge is 0.206 e. The molecule has 1 aromatic rings. The van der Waals surface area contributed by atoms with Crippen LogP contribution in [-0.2, 0) is 0 Å². The van der Waals surface area contributed by atoms with Gasteiger partial charge in [0.15, 0.2) is 0 Å². The van der Waals surface area contributed by atoms with Crippen LogP contribution in [0.15, 0.2) is 18.2 Å². The van der Waals surface area contributed by atoms with Crippen LogP contribution in [0.1, 0.15) is 0 Å². The van der Waals surface area contributed by atoms with E-state index in [1.54, 1.807) is 6.07 Å². The summed E-state index contributed by atoms with van der Waals surface area (Å²) >= 11 is 2.04. The van der Waals surface area contributed by atoms with Gasteiger partial charge in [0, 0.05) is 3.57 Å². The Kier molecular flexibility index (Phi) is 2.93. The predicted octanol–water partition coefficient (Wildman–Crippen LogP) is 2.98. The monoisotopic (exact) mass is 294 g/mol. The lowest BCUT2D eigenvalue weighted by molar-refractivity contribution is 0.621. The van der Waals surface area contributed by atoms with Crippen LogP contribution in [0.25, 0.3) is 0 Å². The standard InChI is InChI=1S/C9H12FISi/c1-12(2,3)7-4-5-8(10)9(11)6-7/h4-6H,1-3H3. The summed E-state index contributed by atoms with van der Waals surface area (Å²) in [4.78, 5) is 0. The minimum absolute atomic E-state index is 0.113. The quantitative estimate of drug-likeness (QED) is 0.552. The Morgan fingerprint density at radius 3 is 2.25 bits per heavy atom. The van der Waals surface area contributed by atoms with Crippen molar-refractivity contribution in [2.75, 3.05) is 0 Å². The maximum absolute atomic E-state index is 12.9. The summed E-state index contributed by atoms with van der Waals surface area (Å²) in [7, 11) is -1.26. The third kappa shape index (κ3) is 2.29. The summed E-state index contributed by atoms with van der Waals surface area (Å²) in [5.41, 5.74) is 0. The van der Waals surface area contributed by atoms with Gasteiger partial charge in [-0.05, 0) is 34.7 Å². The van der Waals surface area contributed by atoms with Crippen LogP contribution in [0.2, 0.25) is 19.6 Å². The average Bonchev–Trinajstić information content (AvgIpc) is 1.92. The van der Waals surface area contributed by atoms with E-state index in [0.717, 1.165) is 3.57 Å². The lowest BCUT2D eigenvalue weighted by atomic mass is 10.3. The first-order valence-electron chi connectivity index (χ1n) is 3.87. The van der Waals surface area contributed by atoms with Crippen molar-refractivity contribution in [1.29, 1.82) is 0 Å². The second-order valence-corrected chi connectivity index (χ2v) is 10.1. The highest BCUT2D eigenvalue weighted by atomic mass is 127. The van der Waals surface area contributed by atoms with Crippen LogP contribution in [0.5, 0.6) is 0 Å². The average molecular weight is 294 g/mol. The molecule has 0 amide bonds. The van der Waals surface area contributed by atoms with Gasteiger partial charge in [-0.15, -0.1) is 0 Å². The lowest BCUT2D eigenvalue weighted by Gasteiger charge is -2.16. The van der Waals surface area contributed by atoms with E-state index in [2.05, 4.69) is 19.6 Å². The molecule has 3 heteroatoms. The van der Waals surface area contributed by atoms with Crippen LogP contribution >= 0.6 is 22.6 Å². The van der Waals surface area contributed by atoms with Gasteiger partial charge in [0.2, 0.25) is 0 Å². The van der Waals surface area contributed by atoms with E-state index in [1.165, 1.54) is 5.19 Å².